The Morgan fingerprint density at radius 2 is 2.10 bits per heavy atom. The Morgan fingerprint density at radius 1 is 1.45 bits per heavy atom. The van der Waals surface area contributed by atoms with E-state index in [0.717, 1.165) is 18.5 Å². The Bertz CT molecular complexity index is 548. The molecule has 1 aliphatic rings. The van der Waals surface area contributed by atoms with E-state index in [0.29, 0.717) is 12.1 Å². The van der Waals surface area contributed by atoms with Crippen LogP contribution in [0.2, 0.25) is 0 Å². The van der Waals surface area contributed by atoms with Crippen LogP contribution in [0.15, 0.2) is 6.20 Å². The number of hydrogen-bond acceptors (Lipinski definition) is 3. The molecule has 1 saturated heterocycles. The monoisotopic (exact) mass is 279 g/mol. The average molecular weight is 279 g/mol. The van der Waals surface area contributed by atoms with E-state index < -0.39 is 17.4 Å². The Kier molecular flexibility index (Phi) is 3.58. The highest BCUT2D eigenvalue weighted by Crippen LogP contribution is 2.36. The van der Waals surface area contributed by atoms with E-state index in [1.54, 1.807) is 11.7 Å². The normalized spacial score (nSPS) is 21.8. The lowest BCUT2D eigenvalue weighted by atomic mass is 9.76. The molecule has 6 nitrogen and oxygen atoms in total. The molecule has 0 bridgehead atoms. The van der Waals surface area contributed by atoms with Gasteiger partial charge in [0.05, 0.1) is 11.8 Å². The van der Waals surface area contributed by atoms with Crippen LogP contribution in [-0.4, -0.2) is 44.3 Å². The van der Waals surface area contributed by atoms with Crippen molar-refractivity contribution >= 4 is 11.9 Å². The molecule has 1 atom stereocenters. The number of aryl methyl sites for hydroxylation is 1. The highest BCUT2D eigenvalue weighted by Gasteiger charge is 2.45. The van der Waals surface area contributed by atoms with Gasteiger partial charge in [0.1, 0.15) is 6.04 Å². The average Bonchev–Trinajstić information content (AvgIpc) is 2.67. The van der Waals surface area contributed by atoms with Gasteiger partial charge in [0.15, 0.2) is 0 Å². The molecule has 6 heteroatoms. The molecule has 1 unspecified atom stereocenters. The van der Waals surface area contributed by atoms with Gasteiger partial charge in [-0.05, 0) is 25.2 Å². The lowest BCUT2D eigenvalue weighted by molar-refractivity contribution is -0.148. The summed E-state index contributed by atoms with van der Waals surface area (Å²) >= 11 is 0. The standard InChI is InChI=1S/C14H21N3O3/c1-9-10(8-15-16(9)4)12(18)17-7-5-6-14(2,3)11(17)13(19)20/h8,11H,5-7H2,1-4H3,(H,19,20). The van der Waals surface area contributed by atoms with Crippen molar-refractivity contribution in [3.05, 3.63) is 17.5 Å². The molecule has 1 aliphatic heterocycles. The van der Waals surface area contributed by atoms with Gasteiger partial charge in [-0.15, -0.1) is 0 Å². The molecule has 0 spiro atoms. The van der Waals surface area contributed by atoms with Crippen molar-refractivity contribution in [2.24, 2.45) is 12.5 Å². The summed E-state index contributed by atoms with van der Waals surface area (Å²) in [6.45, 7) is 6.10. The molecule has 2 rings (SSSR count). The largest absolute Gasteiger partial charge is 0.480 e. The quantitative estimate of drug-likeness (QED) is 0.889. The maximum absolute atomic E-state index is 12.6. The molecule has 20 heavy (non-hydrogen) atoms. The summed E-state index contributed by atoms with van der Waals surface area (Å²) in [6.07, 6.45) is 3.14. The van der Waals surface area contributed by atoms with Crippen molar-refractivity contribution < 1.29 is 14.7 Å². The summed E-state index contributed by atoms with van der Waals surface area (Å²) in [5.41, 5.74) is 0.814. The van der Waals surface area contributed by atoms with E-state index in [2.05, 4.69) is 5.10 Å². The van der Waals surface area contributed by atoms with Gasteiger partial charge in [0.25, 0.3) is 5.91 Å². The molecule has 1 aromatic rings. The van der Waals surface area contributed by atoms with Gasteiger partial charge < -0.3 is 10.0 Å². The van der Waals surface area contributed by atoms with Crippen LogP contribution in [0.25, 0.3) is 0 Å². The third-order valence-electron chi connectivity index (χ3n) is 4.23. The third kappa shape index (κ3) is 2.30. The van der Waals surface area contributed by atoms with Crippen LogP contribution in [0.1, 0.15) is 42.7 Å². The number of piperidine rings is 1. The minimum Gasteiger partial charge on any atom is -0.480 e. The molecule has 1 fully saturated rings. The Hall–Kier alpha value is -1.85. The number of nitrogens with zero attached hydrogens (tertiary/aromatic N) is 3. The summed E-state index contributed by atoms with van der Waals surface area (Å²) in [6, 6.07) is -0.789. The highest BCUT2D eigenvalue weighted by atomic mass is 16.4. The molecular weight excluding hydrogens is 258 g/mol. The van der Waals surface area contributed by atoms with E-state index in [1.165, 1.54) is 11.1 Å². The summed E-state index contributed by atoms with van der Waals surface area (Å²) in [4.78, 5) is 25.7. The SMILES string of the molecule is Cc1c(C(=O)N2CCCC(C)(C)C2C(=O)O)cnn1C. The van der Waals surface area contributed by atoms with Crippen molar-refractivity contribution in [2.45, 2.75) is 39.7 Å². The number of carboxylic acids is 1. The minimum atomic E-state index is -0.940. The fourth-order valence-corrected chi connectivity index (χ4v) is 2.94. The van der Waals surface area contributed by atoms with Crippen LogP contribution in [0.3, 0.4) is 0 Å². The molecule has 1 aromatic heterocycles. The van der Waals surface area contributed by atoms with Crippen molar-refractivity contribution in [1.82, 2.24) is 14.7 Å². The van der Waals surface area contributed by atoms with Gasteiger partial charge in [-0.3, -0.25) is 9.48 Å². The predicted molar refractivity (Wildman–Crippen MR) is 73.4 cm³/mol. The molecule has 0 aliphatic carbocycles. The number of carbonyl (C=O) groups excluding carboxylic acids is 1. The summed E-state index contributed by atoms with van der Waals surface area (Å²) in [5.74, 6) is -1.18. The van der Waals surface area contributed by atoms with E-state index in [4.69, 9.17) is 0 Å². The summed E-state index contributed by atoms with van der Waals surface area (Å²) < 4.78 is 1.62. The van der Waals surface area contributed by atoms with Gasteiger partial charge in [-0.1, -0.05) is 13.8 Å². The second-order valence-corrected chi connectivity index (χ2v) is 6.10. The second kappa shape index (κ2) is 4.92. The maximum Gasteiger partial charge on any atom is 0.326 e. The van der Waals surface area contributed by atoms with Crippen LogP contribution in [-0.2, 0) is 11.8 Å². The smallest absolute Gasteiger partial charge is 0.326 e. The second-order valence-electron chi connectivity index (χ2n) is 6.10. The van der Waals surface area contributed by atoms with Crippen LogP contribution in [0.4, 0.5) is 0 Å². The topological polar surface area (TPSA) is 75.4 Å². The van der Waals surface area contributed by atoms with Gasteiger partial charge >= 0.3 is 5.97 Å². The molecule has 0 radical (unpaired) electrons. The van der Waals surface area contributed by atoms with E-state index in [-0.39, 0.29) is 5.91 Å². The number of aromatic nitrogens is 2. The van der Waals surface area contributed by atoms with Gasteiger partial charge in [0, 0.05) is 19.3 Å². The zero-order chi connectivity index (χ0) is 15.1. The van der Waals surface area contributed by atoms with Crippen molar-refractivity contribution in [2.75, 3.05) is 6.54 Å². The van der Waals surface area contributed by atoms with E-state index in [1.807, 2.05) is 20.8 Å². The van der Waals surface area contributed by atoms with Crippen LogP contribution in [0.5, 0.6) is 0 Å². The first-order valence-corrected chi connectivity index (χ1v) is 6.78. The minimum absolute atomic E-state index is 0.240. The zero-order valence-corrected chi connectivity index (χ0v) is 12.4. The van der Waals surface area contributed by atoms with Crippen molar-refractivity contribution in [3.8, 4) is 0 Å². The van der Waals surface area contributed by atoms with Crippen molar-refractivity contribution in [3.63, 3.8) is 0 Å². The number of carbonyl (C=O) groups is 2. The van der Waals surface area contributed by atoms with E-state index >= 15 is 0 Å². The summed E-state index contributed by atoms with van der Waals surface area (Å²) in [7, 11) is 1.76. The highest BCUT2D eigenvalue weighted by molar-refractivity contribution is 5.97. The Morgan fingerprint density at radius 3 is 2.60 bits per heavy atom. The van der Waals surface area contributed by atoms with Gasteiger partial charge in [-0.25, -0.2) is 4.79 Å². The molecule has 0 aromatic carbocycles. The first-order chi connectivity index (χ1) is 9.25. The number of likely N-dealkylation sites (tertiary alicyclic amines) is 1. The number of aliphatic carboxylic acids is 1. The predicted octanol–water partition coefficient (Wildman–Crippen LogP) is 1.44. The number of hydrogen-bond donors (Lipinski definition) is 1. The number of rotatable bonds is 2. The fraction of sp³-hybridized carbons (Fsp3) is 0.643. The molecule has 1 N–H and O–H groups in total. The molecule has 110 valence electrons. The lowest BCUT2D eigenvalue weighted by Gasteiger charge is -2.43. The van der Waals surface area contributed by atoms with Crippen LogP contribution < -0.4 is 0 Å². The first kappa shape index (κ1) is 14.6. The van der Waals surface area contributed by atoms with Gasteiger partial charge in [-0.2, -0.15) is 5.10 Å². The number of amides is 1. The zero-order valence-electron chi connectivity index (χ0n) is 12.4. The maximum atomic E-state index is 12.6. The van der Waals surface area contributed by atoms with Crippen LogP contribution >= 0.6 is 0 Å². The molecular formula is C14H21N3O3. The third-order valence-corrected chi connectivity index (χ3v) is 4.23. The fourth-order valence-electron chi connectivity index (χ4n) is 2.94. The molecule has 2 heterocycles. The van der Waals surface area contributed by atoms with Crippen LogP contribution in [0, 0.1) is 12.3 Å². The molecule has 0 saturated carbocycles. The molecule has 1 amide bonds. The summed E-state index contributed by atoms with van der Waals surface area (Å²) in [5, 5.41) is 13.6. The van der Waals surface area contributed by atoms with Crippen molar-refractivity contribution in [1.29, 1.82) is 0 Å². The lowest BCUT2D eigenvalue weighted by Crippen LogP contribution is -2.56. The first-order valence-electron chi connectivity index (χ1n) is 6.78. The van der Waals surface area contributed by atoms with Gasteiger partial charge in [0.2, 0.25) is 0 Å². The Balaban J connectivity index is 2.37. The van der Waals surface area contributed by atoms with E-state index in [9.17, 15) is 14.7 Å². The Labute approximate surface area is 118 Å². The number of carboxylic acid groups (broad SMARTS) is 1.